The number of carbonyl (C=O) groups excluding carboxylic acids is 2. The molecule has 0 saturated carbocycles. The quantitative estimate of drug-likeness (QED) is 0.589. The van der Waals surface area contributed by atoms with Crippen molar-refractivity contribution in [1.82, 2.24) is 0 Å². The van der Waals surface area contributed by atoms with E-state index in [0.717, 1.165) is 29.8 Å². The van der Waals surface area contributed by atoms with Gasteiger partial charge < -0.3 is 9.64 Å². The maximum atomic E-state index is 13.5. The van der Waals surface area contributed by atoms with Gasteiger partial charge in [-0.3, -0.25) is 4.79 Å². The SMILES string of the molecule is C[C@H]1Cc2ccccc2N1C(=O)COC(=O)c1cc(F)c(Cl)cc1Cl. The van der Waals surface area contributed by atoms with Crippen LogP contribution in [0.2, 0.25) is 10.0 Å². The number of amides is 1. The van der Waals surface area contributed by atoms with Gasteiger partial charge in [0, 0.05) is 11.7 Å². The van der Waals surface area contributed by atoms with Crippen LogP contribution in [0.5, 0.6) is 0 Å². The smallest absolute Gasteiger partial charge is 0.340 e. The first-order chi connectivity index (χ1) is 11.9. The lowest BCUT2D eigenvalue weighted by atomic mass is 10.1. The number of ether oxygens (including phenoxy) is 1. The van der Waals surface area contributed by atoms with Crippen molar-refractivity contribution in [3.8, 4) is 0 Å². The number of rotatable bonds is 3. The maximum Gasteiger partial charge on any atom is 0.340 e. The van der Waals surface area contributed by atoms with Gasteiger partial charge in [-0.2, -0.15) is 0 Å². The Morgan fingerprint density at radius 2 is 1.96 bits per heavy atom. The third-order valence-corrected chi connectivity index (χ3v) is 4.63. The molecule has 130 valence electrons. The lowest BCUT2D eigenvalue weighted by molar-refractivity contribution is -0.122. The molecule has 1 aliphatic heterocycles. The molecule has 0 saturated heterocycles. The highest BCUT2D eigenvalue weighted by Gasteiger charge is 2.31. The molecule has 1 atom stereocenters. The number of para-hydroxylation sites is 1. The van der Waals surface area contributed by atoms with Crippen LogP contribution in [0.3, 0.4) is 0 Å². The predicted molar refractivity (Wildman–Crippen MR) is 93.8 cm³/mol. The molecular formula is C18H14Cl2FNO3. The molecule has 0 bridgehead atoms. The Morgan fingerprint density at radius 3 is 2.72 bits per heavy atom. The highest BCUT2D eigenvalue weighted by Crippen LogP contribution is 2.32. The van der Waals surface area contributed by atoms with E-state index < -0.39 is 18.4 Å². The second-order valence-corrected chi connectivity index (χ2v) is 6.58. The number of hydrogen-bond acceptors (Lipinski definition) is 3. The molecule has 0 unspecified atom stereocenters. The van der Waals surface area contributed by atoms with Crippen molar-refractivity contribution < 1.29 is 18.7 Å². The van der Waals surface area contributed by atoms with Crippen molar-refractivity contribution in [2.24, 2.45) is 0 Å². The molecule has 0 spiro atoms. The molecule has 4 nitrogen and oxygen atoms in total. The normalized spacial score (nSPS) is 15.8. The number of anilines is 1. The third kappa shape index (κ3) is 3.48. The summed E-state index contributed by atoms with van der Waals surface area (Å²) in [6.45, 7) is 1.46. The second-order valence-electron chi connectivity index (χ2n) is 5.77. The van der Waals surface area contributed by atoms with Gasteiger partial charge in [-0.25, -0.2) is 9.18 Å². The molecule has 0 radical (unpaired) electrons. The summed E-state index contributed by atoms with van der Waals surface area (Å²) in [6, 6.07) is 9.56. The van der Waals surface area contributed by atoms with Crippen LogP contribution >= 0.6 is 23.2 Å². The third-order valence-electron chi connectivity index (χ3n) is 4.03. The van der Waals surface area contributed by atoms with Crippen LogP contribution in [0.15, 0.2) is 36.4 Å². The van der Waals surface area contributed by atoms with E-state index in [0.29, 0.717) is 0 Å². The zero-order valence-electron chi connectivity index (χ0n) is 13.3. The summed E-state index contributed by atoms with van der Waals surface area (Å²) in [6.07, 6.45) is 0.740. The molecule has 1 aliphatic rings. The summed E-state index contributed by atoms with van der Waals surface area (Å²) < 4.78 is 18.5. The monoisotopic (exact) mass is 381 g/mol. The van der Waals surface area contributed by atoms with E-state index in [9.17, 15) is 14.0 Å². The Bertz CT molecular complexity index is 856. The Morgan fingerprint density at radius 1 is 1.24 bits per heavy atom. The van der Waals surface area contributed by atoms with Gasteiger partial charge >= 0.3 is 5.97 Å². The average Bonchev–Trinajstić information content (AvgIpc) is 2.91. The van der Waals surface area contributed by atoms with Gasteiger partial charge in [0.25, 0.3) is 5.91 Å². The number of nitrogens with zero attached hydrogens (tertiary/aromatic N) is 1. The number of fused-ring (bicyclic) bond motifs is 1. The lowest BCUT2D eigenvalue weighted by Crippen LogP contribution is -2.38. The minimum Gasteiger partial charge on any atom is -0.452 e. The Hall–Kier alpha value is -2.11. The van der Waals surface area contributed by atoms with Crippen molar-refractivity contribution in [1.29, 1.82) is 0 Å². The van der Waals surface area contributed by atoms with Crippen molar-refractivity contribution in [3.63, 3.8) is 0 Å². The fourth-order valence-electron chi connectivity index (χ4n) is 2.90. The summed E-state index contributed by atoms with van der Waals surface area (Å²) in [5, 5.41) is -0.233. The largest absolute Gasteiger partial charge is 0.452 e. The minimum atomic E-state index is -0.881. The van der Waals surface area contributed by atoms with E-state index >= 15 is 0 Å². The number of halogens is 3. The molecule has 2 aromatic carbocycles. The van der Waals surface area contributed by atoms with E-state index in [1.165, 1.54) is 0 Å². The highest BCUT2D eigenvalue weighted by atomic mass is 35.5. The highest BCUT2D eigenvalue weighted by molar-refractivity contribution is 6.36. The van der Waals surface area contributed by atoms with Gasteiger partial charge in [0.05, 0.1) is 15.6 Å². The molecule has 25 heavy (non-hydrogen) atoms. The molecule has 0 aliphatic carbocycles. The summed E-state index contributed by atoms with van der Waals surface area (Å²) in [4.78, 5) is 26.2. The zero-order chi connectivity index (χ0) is 18.1. The maximum absolute atomic E-state index is 13.5. The van der Waals surface area contributed by atoms with Crippen molar-refractivity contribution in [3.05, 3.63) is 63.4 Å². The van der Waals surface area contributed by atoms with E-state index in [4.69, 9.17) is 27.9 Å². The van der Waals surface area contributed by atoms with E-state index in [1.54, 1.807) is 4.90 Å². The van der Waals surface area contributed by atoms with Crippen LogP contribution in [0.4, 0.5) is 10.1 Å². The van der Waals surface area contributed by atoms with Crippen LogP contribution in [0, 0.1) is 5.82 Å². The first-order valence-corrected chi connectivity index (χ1v) is 8.35. The van der Waals surface area contributed by atoms with Gasteiger partial charge in [0.1, 0.15) is 5.82 Å². The zero-order valence-corrected chi connectivity index (χ0v) is 14.8. The van der Waals surface area contributed by atoms with E-state index in [2.05, 4.69) is 0 Å². The molecule has 0 aromatic heterocycles. The Labute approximate surface area is 154 Å². The number of benzene rings is 2. The molecule has 0 N–H and O–H groups in total. The summed E-state index contributed by atoms with van der Waals surface area (Å²) in [5.74, 6) is -2.02. The standard InChI is InChI=1S/C18H14Cl2FNO3/c1-10-6-11-4-2-3-5-16(11)22(10)17(23)9-25-18(24)12-7-15(21)14(20)8-13(12)19/h2-5,7-8,10H,6,9H2,1H3/t10-/m0/s1. The average molecular weight is 382 g/mol. The van der Waals surface area contributed by atoms with E-state index in [-0.39, 0.29) is 27.6 Å². The molecule has 2 aromatic rings. The van der Waals surface area contributed by atoms with Gasteiger partial charge in [-0.1, -0.05) is 41.4 Å². The first-order valence-electron chi connectivity index (χ1n) is 7.60. The molecule has 1 amide bonds. The number of esters is 1. The molecule has 3 rings (SSSR count). The van der Waals surface area contributed by atoms with Crippen LogP contribution in [0.25, 0.3) is 0 Å². The van der Waals surface area contributed by atoms with Crippen molar-refractivity contribution in [2.45, 2.75) is 19.4 Å². The second kappa shape index (κ2) is 7.02. The molecule has 1 heterocycles. The Kier molecular flexibility index (Phi) is 4.97. The Balaban J connectivity index is 1.71. The fourth-order valence-corrected chi connectivity index (χ4v) is 3.36. The van der Waals surface area contributed by atoms with Crippen LogP contribution in [-0.4, -0.2) is 24.5 Å². The van der Waals surface area contributed by atoms with Gasteiger partial charge in [-0.15, -0.1) is 0 Å². The topological polar surface area (TPSA) is 46.6 Å². The van der Waals surface area contributed by atoms with Crippen LogP contribution in [0.1, 0.15) is 22.8 Å². The fraction of sp³-hybridized carbons (Fsp3) is 0.222. The predicted octanol–water partition coefficient (Wildman–Crippen LogP) is 4.27. The summed E-state index contributed by atoms with van der Waals surface area (Å²) in [5.41, 5.74) is 1.70. The lowest BCUT2D eigenvalue weighted by Gasteiger charge is -2.22. The van der Waals surface area contributed by atoms with E-state index in [1.807, 2.05) is 31.2 Å². The summed E-state index contributed by atoms with van der Waals surface area (Å²) >= 11 is 11.5. The van der Waals surface area contributed by atoms with Crippen molar-refractivity contribution >= 4 is 40.8 Å². The van der Waals surface area contributed by atoms with Gasteiger partial charge in [0.2, 0.25) is 0 Å². The van der Waals surface area contributed by atoms with Gasteiger partial charge in [-0.05, 0) is 37.1 Å². The number of hydrogen-bond donors (Lipinski definition) is 0. The number of carbonyl (C=O) groups is 2. The first kappa shape index (κ1) is 17.7. The minimum absolute atomic E-state index is 0.0276. The molecule has 7 heteroatoms. The van der Waals surface area contributed by atoms with Gasteiger partial charge in [0.15, 0.2) is 6.61 Å². The van der Waals surface area contributed by atoms with Crippen LogP contribution < -0.4 is 4.90 Å². The van der Waals surface area contributed by atoms with Crippen LogP contribution in [-0.2, 0) is 16.0 Å². The molecule has 0 fully saturated rings. The summed E-state index contributed by atoms with van der Waals surface area (Å²) in [7, 11) is 0. The molecular weight excluding hydrogens is 368 g/mol. The van der Waals surface area contributed by atoms with Crippen molar-refractivity contribution in [2.75, 3.05) is 11.5 Å².